The van der Waals surface area contributed by atoms with Crippen LogP contribution in [-0.4, -0.2) is 63.3 Å². The Labute approximate surface area is 133 Å². The van der Waals surface area contributed by atoms with Crippen molar-refractivity contribution in [2.45, 2.75) is 32.2 Å². The Morgan fingerprint density at radius 2 is 2.10 bits per heavy atom. The molecule has 2 heterocycles. The first-order chi connectivity index (χ1) is 10.1. The lowest BCUT2D eigenvalue weighted by atomic mass is 10.1. The van der Waals surface area contributed by atoms with Gasteiger partial charge in [0.2, 0.25) is 0 Å². The van der Waals surface area contributed by atoms with E-state index < -0.39 is 0 Å². The second-order valence-corrected chi connectivity index (χ2v) is 6.33. The summed E-state index contributed by atoms with van der Waals surface area (Å²) >= 11 is 5.22. The maximum atomic E-state index is 5.89. The van der Waals surface area contributed by atoms with E-state index in [1.165, 1.54) is 5.56 Å². The summed E-state index contributed by atoms with van der Waals surface area (Å²) in [5, 5.41) is 4.22. The molecule has 21 heavy (non-hydrogen) atoms. The van der Waals surface area contributed by atoms with Gasteiger partial charge in [-0.05, 0) is 18.4 Å². The number of aryl methyl sites for hydroxylation is 1. The summed E-state index contributed by atoms with van der Waals surface area (Å²) in [6.45, 7) is 7.62. The number of hydrogen-bond acceptors (Lipinski definition) is 4. The Morgan fingerprint density at radius 3 is 2.62 bits per heavy atom. The maximum Gasteiger partial charge on any atom is 0.0902 e. The van der Waals surface area contributed by atoms with Gasteiger partial charge in [-0.3, -0.25) is 9.58 Å². The summed E-state index contributed by atoms with van der Waals surface area (Å²) in [6, 6.07) is 0.283. The van der Waals surface area contributed by atoms with Crippen LogP contribution in [0.25, 0.3) is 0 Å². The maximum absolute atomic E-state index is 5.89. The van der Waals surface area contributed by atoms with Gasteiger partial charge < -0.3 is 10.6 Å². The molecule has 0 spiro atoms. The SMILES string of the molecule is CCCC(C(N)=S)N1CCN(CCc2cnn(C)c2)CC1. The second-order valence-electron chi connectivity index (χ2n) is 5.86. The normalized spacial score (nSPS) is 18.8. The lowest BCUT2D eigenvalue weighted by molar-refractivity contribution is 0.115. The highest BCUT2D eigenvalue weighted by molar-refractivity contribution is 7.80. The van der Waals surface area contributed by atoms with Gasteiger partial charge in [0.25, 0.3) is 0 Å². The van der Waals surface area contributed by atoms with Crippen LogP contribution in [-0.2, 0) is 13.5 Å². The van der Waals surface area contributed by atoms with Gasteiger partial charge in [-0.25, -0.2) is 0 Å². The quantitative estimate of drug-likeness (QED) is 0.763. The molecule has 6 heteroatoms. The lowest BCUT2D eigenvalue weighted by Crippen LogP contribution is -2.53. The Kier molecular flexibility index (Phi) is 6.14. The number of hydrogen-bond donors (Lipinski definition) is 1. The minimum absolute atomic E-state index is 0.283. The zero-order valence-electron chi connectivity index (χ0n) is 13.2. The summed E-state index contributed by atoms with van der Waals surface area (Å²) in [7, 11) is 1.96. The molecule has 5 nitrogen and oxygen atoms in total. The molecule has 1 unspecified atom stereocenters. The van der Waals surface area contributed by atoms with E-state index in [4.69, 9.17) is 18.0 Å². The van der Waals surface area contributed by atoms with Crippen molar-refractivity contribution in [3.63, 3.8) is 0 Å². The Balaban J connectivity index is 1.76. The number of thiocarbonyl (C=S) groups is 1. The number of aromatic nitrogens is 2. The molecule has 0 bridgehead atoms. The molecule has 1 fully saturated rings. The van der Waals surface area contributed by atoms with Crippen LogP contribution in [0.15, 0.2) is 12.4 Å². The smallest absolute Gasteiger partial charge is 0.0902 e. The van der Waals surface area contributed by atoms with Gasteiger partial charge in [0.15, 0.2) is 0 Å². The highest BCUT2D eigenvalue weighted by Gasteiger charge is 2.24. The third kappa shape index (κ3) is 4.76. The minimum Gasteiger partial charge on any atom is -0.392 e. The Morgan fingerprint density at radius 1 is 1.38 bits per heavy atom. The molecule has 1 saturated heterocycles. The van der Waals surface area contributed by atoms with Crippen molar-refractivity contribution >= 4 is 17.2 Å². The van der Waals surface area contributed by atoms with Crippen molar-refractivity contribution < 1.29 is 0 Å². The van der Waals surface area contributed by atoms with E-state index in [0.717, 1.165) is 52.0 Å². The van der Waals surface area contributed by atoms with Crippen molar-refractivity contribution in [2.75, 3.05) is 32.7 Å². The highest BCUT2D eigenvalue weighted by Crippen LogP contribution is 2.12. The van der Waals surface area contributed by atoms with Gasteiger partial charge in [0.05, 0.1) is 17.2 Å². The van der Waals surface area contributed by atoms with Crippen LogP contribution in [0.3, 0.4) is 0 Å². The summed E-state index contributed by atoms with van der Waals surface area (Å²) in [5.74, 6) is 0. The van der Waals surface area contributed by atoms with Gasteiger partial charge in [0, 0.05) is 46.0 Å². The summed E-state index contributed by atoms with van der Waals surface area (Å²) in [4.78, 5) is 5.62. The molecule has 2 rings (SSSR count). The van der Waals surface area contributed by atoms with Crippen LogP contribution >= 0.6 is 12.2 Å². The molecule has 118 valence electrons. The standard InChI is InChI=1S/C15H27N5S/c1-3-4-14(15(16)21)20-9-7-19(8-10-20)6-5-13-11-17-18(2)12-13/h11-12,14H,3-10H2,1-2H3,(H2,16,21). The predicted octanol–water partition coefficient (Wildman–Crippen LogP) is 1.04. The van der Waals surface area contributed by atoms with E-state index in [9.17, 15) is 0 Å². The zero-order chi connectivity index (χ0) is 15.2. The molecule has 2 N–H and O–H groups in total. The first kappa shape index (κ1) is 16.4. The summed E-state index contributed by atoms with van der Waals surface area (Å²) < 4.78 is 1.87. The molecule has 1 atom stereocenters. The molecule has 1 aromatic rings. The summed E-state index contributed by atoms with van der Waals surface area (Å²) in [5.41, 5.74) is 7.20. The third-order valence-corrected chi connectivity index (χ3v) is 4.49. The molecule has 0 radical (unpaired) electrons. The van der Waals surface area contributed by atoms with Crippen molar-refractivity contribution in [3.05, 3.63) is 18.0 Å². The third-order valence-electron chi connectivity index (χ3n) is 4.21. The molecule has 1 aromatic heterocycles. The van der Waals surface area contributed by atoms with Crippen LogP contribution in [0.2, 0.25) is 0 Å². The second kappa shape index (κ2) is 7.87. The van der Waals surface area contributed by atoms with E-state index >= 15 is 0 Å². The molecule has 0 aliphatic carbocycles. The van der Waals surface area contributed by atoms with Gasteiger partial charge in [-0.2, -0.15) is 5.10 Å². The average molecular weight is 309 g/mol. The van der Waals surface area contributed by atoms with E-state index in [1.54, 1.807) is 0 Å². The first-order valence-electron chi connectivity index (χ1n) is 7.83. The molecule has 0 amide bonds. The number of nitrogens with two attached hydrogens (primary N) is 1. The van der Waals surface area contributed by atoms with E-state index in [-0.39, 0.29) is 6.04 Å². The van der Waals surface area contributed by atoms with Gasteiger partial charge in [-0.15, -0.1) is 0 Å². The van der Waals surface area contributed by atoms with Crippen LogP contribution < -0.4 is 5.73 Å². The molecule has 1 aliphatic heterocycles. The van der Waals surface area contributed by atoms with Crippen molar-refractivity contribution in [2.24, 2.45) is 12.8 Å². The molecule has 1 aliphatic rings. The van der Waals surface area contributed by atoms with Crippen LogP contribution in [0.4, 0.5) is 0 Å². The van der Waals surface area contributed by atoms with Crippen LogP contribution in [0.5, 0.6) is 0 Å². The topological polar surface area (TPSA) is 50.3 Å². The van der Waals surface area contributed by atoms with Crippen molar-refractivity contribution in [1.29, 1.82) is 0 Å². The molecule has 0 aromatic carbocycles. The average Bonchev–Trinajstić information content (AvgIpc) is 2.89. The zero-order valence-corrected chi connectivity index (χ0v) is 14.0. The predicted molar refractivity (Wildman–Crippen MR) is 90.4 cm³/mol. The molecule has 0 saturated carbocycles. The van der Waals surface area contributed by atoms with Gasteiger partial charge in [-0.1, -0.05) is 25.6 Å². The minimum atomic E-state index is 0.283. The highest BCUT2D eigenvalue weighted by atomic mass is 32.1. The molecular formula is C15H27N5S. The monoisotopic (exact) mass is 309 g/mol. The first-order valence-corrected chi connectivity index (χ1v) is 8.24. The number of nitrogens with zero attached hydrogens (tertiary/aromatic N) is 4. The van der Waals surface area contributed by atoms with E-state index in [0.29, 0.717) is 4.99 Å². The Bertz CT molecular complexity index is 451. The number of piperazine rings is 1. The van der Waals surface area contributed by atoms with Crippen LogP contribution in [0.1, 0.15) is 25.3 Å². The fourth-order valence-corrected chi connectivity index (χ4v) is 3.23. The van der Waals surface area contributed by atoms with Crippen molar-refractivity contribution in [3.8, 4) is 0 Å². The molecular weight excluding hydrogens is 282 g/mol. The van der Waals surface area contributed by atoms with E-state index in [2.05, 4.69) is 28.0 Å². The van der Waals surface area contributed by atoms with Crippen LogP contribution in [0, 0.1) is 0 Å². The number of rotatable bonds is 7. The largest absolute Gasteiger partial charge is 0.392 e. The van der Waals surface area contributed by atoms with Gasteiger partial charge in [0.1, 0.15) is 0 Å². The summed E-state index contributed by atoms with van der Waals surface area (Å²) in [6.07, 6.45) is 7.33. The van der Waals surface area contributed by atoms with Gasteiger partial charge >= 0.3 is 0 Å². The van der Waals surface area contributed by atoms with E-state index in [1.807, 2.05) is 17.9 Å². The van der Waals surface area contributed by atoms with Crippen molar-refractivity contribution in [1.82, 2.24) is 19.6 Å². The Hall–Kier alpha value is -0.980. The fraction of sp³-hybridized carbons (Fsp3) is 0.733. The fourth-order valence-electron chi connectivity index (χ4n) is 2.97. The lowest BCUT2D eigenvalue weighted by Gasteiger charge is -2.39.